The summed E-state index contributed by atoms with van der Waals surface area (Å²) in [5.74, 6) is -0.838. The summed E-state index contributed by atoms with van der Waals surface area (Å²) in [6.45, 7) is 6.71. The van der Waals surface area contributed by atoms with Gasteiger partial charge in [-0.25, -0.2) is 0 Å². The van der Waals surface area contributed by atoms with Gasteiger partial charge < -0.3 is 14.2 Å². The summed E-state index contributed by atoms with van der Waals surface area (Å²) >= 11 is 0. The molecule has 0 saturated carbocycles. The van der Waals surface area contributed by atoms with E-state index in [1.54, 1.807) is 0 Å². The molecule has 0 aliphatic carbocycles. The van der Waals surface area contributed by atoms with E-state index in [-0.39, 0.29) is 31.1 Å². The minimum absolute atomic E-state index is 0.0660. The molecule has 1 atom stereocenters. The number of hydrogen-bond donors (Lipinski definition) is 0. The zero-order valence-electron chi connectivity index (χ0n) is 53.0. The van der Waals surface area contributed by atoms with Gasteiger partial charge in [-0.2, -0.15) is 0 Å². The normalized spacial score (nSPS) is 12.1. The number of hydrogen-bond acceptors (Lipinski definition) is 6. The van der Waals surface area contributed by atoms with Crippen molar-refractivity contribution in [1.29, 1.82) is 0 Å². The molecule has 6 heteroatoms. The molecule has 0 spiro atoms. The van der Waals surface area contributed by atoms with Gasteiger partial charge in [0.2, 0.25) is 0 Å². The molecule has 0 bridgehead atoms. The summed E-state index contributed by atoms with van der Waals surface area (Å²) in [6, 6.07) is 0. The zero-order chi connectivity index (χ0) is 56.4. The van der Waals surface area contributed by atoms with Gasteiger partial charge in [-0.05, 0) is 70.6 Å². The van der Waals surface area contributed by atoms with Gasteiger partial charge in [0.25, 0.3) is 0 Å². The van der Waals surface area contributed by atoms with Gasteiger partial charge in [0, 0.05) is 19.3 Å². The Hall–Kier alpha value is -2.11. The van der Waals surface area contributed by atoms with Crippen LogP contribution < -0.4 is 0 Å². The van der Waals surface area contributed by atoms with E-state index < -0.39 is 6.10 Å². The molecule has 0 amide bonds. The molecule has 0 aliphatic heterocycles. The van der Waals surface area contributed by atoms with E-state index in [0.717, 1.165) is 57.8 Å². The summed E-state index contributed by atoms with van der Waals surface area (Å²) in [6.07, 6.45) is 82.1. The lowest BCUT2D eigenvalue weighted by Gasteiger charge is -2.18. The van der Waals surface area contributed by atoms with E-state index in [2.05, 4.69) is 45.1 Å². The van der Waals surface area contributed by atoms with Crippen LogP contribution in [0.25, 0.3) is 0 Å². The van der Waals surface area contributed by atoms with E-state index >= 15 is 0 Å². The monoisotopic (exact) mass is 1100 g/mol. The van der Waals surface area contributed by atoms with E-state index in [1.165, 1.54) is 302 Å². The highest BCUT2D eigenvalue weighted by molar-refractivity contribution is 5.71. The first-order chi connectivity index (χ1) is 38.5. The van der Waals surface area contributed by atoms with Crippen molar-refractivity contribution < 1.29 is 28.6 Å². The van der Waals surface area contributed by atoms with Gasteiger partial charge in [0.05, 0.1) is 0 Å². The second-order valence-electron chi connectivity index (χ2n) is 24.1. The molecular formula is C72H136O6. The third-order valence-electron chi connectivity index (χ3n) is 16.2. The van der Waals surface area contributed by atoms with E-state index in [4.69, 9.17) is 14.2 Å². The molecule has 0 radical (unpaired) electrons. The van der Waals surface area contributed by atoms with Gasteiger partial charge in [0.15, 0.2) is 6.10 Å². The molecule has 0 aromatic heterocycles. The number of esters is 3. The Morgan fingerprint density at radius 2 is 0.423 bits per heavy atom. The quantitative estimate of drug-likeness (QED) is 0.0261. The zero-order valence-corrected chi connectivity index (χ0v) is 53.0. The lowest BCUT2D eigenvalue weighted by atomic mass is 10.0. The number of rotatable bonds is 66. The average molecular weight is 1100 g/mol. The van der Waals surface area contributed by atoms with Gasteiger partial charge in [-0.1, -0.05) is 334 Å². The lowest BCUT2D eigenvalue weighted by Crippen LogP contribution is -2.30. The van der Waals surface area contributed by atoms with E-state index in [1.807, 2.05) is 0 Å². The van der Waals surface area contributed by atoms with Crippen LogP contribution in [0.5, 0.6) is 0 Å². The summed E-state index contributed by atoms with van der Waals surface area (Å²) in [7, 11) is 0. The Bertz CT molecular complexity index is 1260. The fraction of sp³-hybridized carbons (Fsp3) is 0.903. The van der Waals surface area contributed by atoms with Crippen molar-refractivity contribution in [2.75, 3.05) is 13.2 Å². The Morgan fingerprint density at radius 3 is 0.641 bits per heavy atom. The summed E-state index contributed by atoms with van der Waals surface area (Å²) < 4.78 is 17.0. The van der Waals surface area contributed by atoms with Crippen LogP contribution in [0.15, 0.2) is 24.3 Å². The molecule has 0 fully saturated rings. The predicted octanol–water partition coefficient (Wildman–Crippen LogP) is 24.2. The van der Waals surface area contributed by atoms with Gasteiger partial charge in [-0.3, -0.25) is 14.4 Å². The second-order valence-corrected chi connectivity index (χ2v) is 24.1. The van der Waals surface area contributed by atoms with Crippen molar-refractivity contribution in [3.05, 3.63) is 24.3 Å². The fourth-order valence-corrected chi connectivity index (χ4v) is 10.8. The minimum Gasteiger partial charge on any atom is -0.462 e. The number of carbonyl (C=O) groups excluding carboxylic acids is 3. The maximum absolute atomic E-state index is 12.9. The number of carbonyl (C=O) groups is 3. The Labute approximate surface area is 487 Å². The van der Waals surface area contributed by atoms with Gasteiger partial charge in [0.1, 0.15) is 13.2 Å². The van der Waals surface area contributed by atoms with Gasteiger partial charge >= 0.3 is 17.9 Å². The molecule has 0 aromatic rings. The molecule has 1 unspecified atom stereocenters. The Kier molecular flexibility index (Phi) is 65.6. The first-order valence-corrected chi connectivity index (χ1v) is 35.3. The highest BCUT2D eigenvalue weighted by atomic mass is 16.6. The van der Waals surface area contributed by atoms with Crippen molar-refractivity contribution in [1.82, 2.24) is 0 Å². The topological polar surface area (TPSA) is 78.9 Å². The highest BCUT2D eigenvalue weighted by Crippen LogP contribution is 2.18. The number of unbranched alkanes of at least 4 members (excludes halogenated alkanes) is 51. The SMILES string of the molecule is CCCCCCCCCC/C=C\CCCCCCCCCCCCCCCCCC(=O)OCC(COC(=O)CCCCCCCCCCCCCC)OC(=O)CCCCCCCCCCC/C=C\CCCCCCCCCC. The lowest BCUT2D eigenvalue weighted by molar-refractivity contribution is -0.167. The highest BCUT2D eigenvalue weighted by Gasteiger charge is 2.19. The molecular weight excluding hydrogens is 961 g/mol. The maximum Gasteiger partial charge on any atom is 0.306 e. The van der Waals surface area contributed by atoms with Crippen molar-refractivity contribution in [3.8, 4) is 0 Å². The molecule has 0 N–H and O–H groups in total. The maximum atomic E-state index is 12.9. The summed E-state index contributed by atoms with van der Waals surface area (Å²) in [5.41, 5.74) is 0. The Morgan fingerprint density at radius 1 is 0.244 bits per heavy atom. The van der Waals surface area contributed by atoms with Crippen LogP contribution in [-0.4, -0.2) is 37.2 Å². The Balaban J connectivity index is 4.19. The summed E-state index contributed by atoms with van der Waals surface area (Å²) in [4.78, 5) is 38.4. The molecule has 78 heavy (non-hydrogen) atoms. The molecule has 0 rings (SSSR count). The van der Waals surface area contributed by atoms with Crippen LogP contribution in [-0.2, 0) is 28.6 Å². The van der Waals surface area contributed by atoms with Crippen LogP contribution in [0, 0.1) is 0 Å². The van der Waals surface area contributed by atoms with Crippen molar-refractivity contribution in [2.24, 2.45) is 0 Å². The van der Waals surface area contributed by atoms with Gasteiger partial charge in [-0.15, -0.1) is 0 Å². The van der Waals surface area contributed by atoms with E-state index in [9.17, 15) is 14.4 Å². The molecule has 6 nitrogen and oxygen atoms in total. The number of ether oxygens (including phenoxy) is 3. The first kappa shape index (κ1) is 75.9. The van der Waals surface area contributed by atoms with E-state index in [0.29, 0.717) is 19.3 Å². The third kappa shape index (κ3) is 64.7. The molecule has 0 aromatic carbocycles. The molecule has 460 valence electrons. The van der Waals surface area contributed by atoms with Crippen molar-refractivity contribution in [3.63, 3.8) is 0 Å². The van der Waals surface area contributed by atoms with Crippen LogP contribution in [0.1, 0.15) is 400 Å². The van der Waals surface area contributed by atoms with Crippen molar-refractivity contribution in [2.45, 2.75) is 406 Å². The molecule has 0 aliphatic rings. The van der Waals surface area contributed by atoms with Crippen LogP contribution in [0.2, 0.25) is 0 Å². The molecule has 0 heterocycles. The first-order valence-electron chi connectivity index (χ1n) is 35.3. The molecule has 0 saturated heterocycles. The minimum atomic E-state index is -0.769. The second kappa shape index (κ2) is 67.4. The van der Waals surface area contributed by atoms with Crippen molar-refractivity contribution >= 4 is 17.9 Å². The van der Waals surface area contributed by atoms with Crippen LogP contribution >= 0.6 is 0 Å². The average Bonchev–Trinajstić information content (AvgIpc) is 3.44. The standard InChI is InChI=1S/C72H136O6/c1-4-7-10-13-16-19-22-25-27-29-31-33-34-35-36-37-38-40-41-43-45-47-50-53-56-59-62-65-71(74)77-68-69(67-76-70(73)64-61-58-55-52-49-24-21-18-15-12-9-6-3)78-72(75)66-63-60-57-54-51-48-46-44-42-39-32-30-28-26-23-20-17-14-11-8-5-2/h29-32,69H,4-28,33-68H2,1-3H3/b31-29-,32-30-. The predicted molar refractivity (Wildman–Crippen MR) is 340 cm³/mol. The fourth-order valence-electron chi connectivity index (χ4n) is 10.8. The van der Waals surface area contributed by atoms with Crippen LogP contribution in [0.3, 0.4) is 0 Å². The van der Waals surface area contributed by atoms with Crippen LogP contribution in [0.4, 0.5) is 0 Å². The largest absolute Gasteiger partial charge is 0.462 e. The number of allylic oxidation sites excluding steroid dienone is 4. The summed E-state index contributed by atoms with van der Waals surface area (Å²) in [5, 5.41) is 0. The third-order valence-corrected chi connectivity index (χ3v) is 16.2. The smallest absolute Gasteiger partial charge is 0.306 e.